The summed E-state index contributed by atoms with van der Waals surface area (Å²) in [7, 11) is 0. The van der Waals surface area contributed by atoms with Gasteiger partial charge in [-0.3, -0.25) is 5.43 Å². The van der Waals surface area contributed by atoms with Crippen LogP contribution in [0, 0.1) is 6.92 Å². The SMILES string of the molecule is CCOc1cc(/C=N/Nc2ccc(C)cc2)cc(Cl)c1O. The lowest BCUT2D eigenvalue weighted by atomic mass is 10.2. The molecule has 0 atom stereocenters. The predicted molar refractivity (Wildman–Crippen MR) is 86.7 cm³/mol. The van der Waals surface area contributed by atoms with Crippen molar-refractivity contribution in [3.63, 3.8) is 0 Å². The summed E-state index contributed by atoms with van der Waals surface area (Å²) in [6, 6.07) is 11.2. The van der Waals surface area contributed by atoms with E-state index in [9.17, 15) is 5.11 Å². The first-order chi connectivity index (χ1) is 10.1. The Morgan fingerprint density at radius 3 is 2.67 bits per heavy atom. The highest BCUT2D eigenvalue weighted by atomic mass is 35.5. The maximum Gasteiger partial charge on any atom is 0.176 e. The number of ether oxygens (including phenoxy) is 1. The normalized spacial score (nSPS) is 10.8. The van der Waals surface area contributed by atoms with E-state index in [0.717, 1.165) is 11.3 Å². The van der Waals surface area contributed by atoms with Crippen LogP contribution in [0.2, 0.25) is 5.02 Å². The van der Waals surface area contributed by atoms with Crippen LogP contribution in [0.5, 0.6) is 11.5 Å². The van der Waals surface area contributed by atoms with Crippen LogP contribution in [0.1, 0.15) is 18.1 Å². The molecule has 4 nitrogen and oxygen atoms in total. The third-order valence-electron chi connectivity index (χ3n) is 2.81. The summed E-state index contributed by atoms with van der Waals surface area (Å²) in [5, 5.41) is 14.1. The molecule has 0 heterocycles. The Morgan fingerprint density at radius 1 is 1.29 bits per heavy atom. The molecule has 0 radical (unpaired) electrons. The second-order valence-corrected chi connectivity index (χ2v) is 4.93. The molecular formula is C16H17ClN2O2. The quantitative estimate of drug-likeness (QED) is 0.643. The van der Waals surface area contributed by atoms with Crippen LogP contribution in [-0.2, 0) is 0 Å². The Bertz CT molecular complexity index is 639. The van der Waals surface area contributed by atoms with Gasteiger partial charge in [0, 0.05) is 0 Å². The van der Waals surface area contributed by atoms with E-state index < -0.39 is 0 Å². The number of hydrogen-bond acceptors (Lipinski definition) is 4. The van der Waals surface area contributed by atoms with Gasteiger partial charge in [-0.05, 0) is 43.7 Å². The van der Waals surface area contributed by atoms with Crippen molar-refractivity contribution in [3.8, 4) is 11.5 Å². The third-order valence-corrected chi connectivity index (χ3v) is 3.10. The van der Waals surface area contributed by atoms with E-state index in [4.69, 9.17) is 16.3 Å². The number of phenols is 1. The fourth-order valence-electron chi connectivity index (χ4n) is 1.74. The smallest absolute Gasteiger partial charge is 0.176 e. The number of aromatic hydroxyl groups is 1. The van der Waals surface area contributed by atoms with Crippen LogP contribution in [0.25, 0.3) is 0 Å². The number of benzene rings is 2. The highest BCUT2D eigenvalue weighted by Crippen LogP contribution is 2.34. The van der Waals surface area contributed by atoms with E-state index in [1.54, 1.807) is 18.3 Å². The molecule has 0 aromatic heterocycles. The first-order valence-electron chi connectivity index (χ1n) is 6.61. The Kier molecular flexibility index (Phi) is 5.06. The van der Waals surface area contributed by atoms with Crippen LogP contribution < -0.4 is 10.2 Å². The van der Waals surface area contributed by atoms with E-state index in [0.29, 0.717) is 12.4 Å². The highest BCUT2D eigenvalue weighted by molar-refractivity contribution is 6.32. The minimum absolute atomic E-state index is 0.0536. The maximum absolute atomic E-state index is 9.77. The lowest BCUT2D eigenvalue weighted by Crippen LogP contribution is -1.95. The summed E-state index contributed by atoms with van der Waals surface area (Å²) < 4.78 is 5.32. The topological polar surface area (TPSA) is 53.8 Å². The summed E-state index contributed by atoms with van der Waals surface area (Å²) >= 11 is 5.96. The fourth-order valence-corrected chi connectivity index (χ4v) is 1.96. The number of phenolic OH excluding ortho intramolecular Hbond substituents is 1. The van der Waals surface area contributed by atoms with Gasteiger partial charge >= 0.3 is 0 Å². The third kappa shape index (κ3) is 4.13. The minimum atomic E-state index is -0.0536. The number of nitrogens with zero attached hydrogens (tertiary/aromatic N) is 1. The van der Waals surface area contributed by atoms with E-state index in [2.05, 4.69) is 10.5 Å². The maximum atomic E-state index is 9.77. The molecule has 0 aliphatic carbocycles. The van der Waals surface area contributed by atoms with Gasteiger partial charge in [-0.2, -0.15) is 5.10 Å². The summed E-state index contributed by atoms with van der Waals surface area (Å²) in [5.41, 5.74) is 5.75. The summed E-state index contributed by atoms with van der Waals surface area (Å²) in [6.45, 7) is 4.32. The van der Waals surface area contributed by atoms with Crippen molar-refractivity contribution in [2.75, 3.05) is 12.0 Å². The molecule has 0 fully saturated rings. The predicted octanol–water partition coefficient (Wildman–Crippen LogP) is 4.20. The number of rotatable bonds is 5. The van der Waals surface area contributed by atoms with Crippen LogP contribution in [-0.4, -0.2) is 17.9 Å². The van der Waals surface area contributed by atoms with Crippen molar-refractivity contribution >= 4 is 23.5 Å². The molecule has 0 amide bonds. The zero-order valence-corrected chi connectivity index (χ0v) is 12.7. The number of hydrazone groups is 1. The van der Waals surface area contributed by atoms with Crippen LogP contribution in [0.3, 0.4) is 0 Å². The molecule has 21 heavy (non-hydrogen) atoms. The van der Waals surface area contributed by atoms with E-state index in [1.807, 2.05) is 38.1 Å². The molecule has 0 aliphatic rings. The van der Waals surface area contributed by atoms with Gasteiger partial charge < -0.3 is 9.84 Å². The van der Waals surface area contributed by atoms with Crippen LogP contribution in [0.4, 0.5) is 5.69 Å². The molecule has 0 aliphatic heterocycles. The largest absolute Gasteiger partial charge is 0.503 e. The lowest BCUT2D eigenvalue weighted by molar-refractivity contribution is 0.318. The molecule has 5 heteroatoms. The molecule has 2 rings (SSSR count). The average Bonchev–Trinajstić information content (AvgIpc) is 2.46. The van der Waals surface area contributed by atoms with Gasteiger partial charge in [0.25, 0.3) is 0 Å². The Hall–Kier alpha value is -2.20. The molecule has 110 valence electrons. The lowest BCUT2D eigenvalue weighted by Gasteiger charge is -2.08. The standard InChI is InChI=1S/C16H17ClN2O2/c1-3-21-15-9-12(8-14(17)16(15)20)10-18-19-13-6-4-11(2)5-7-13/h4-10,19-20H,3H2,1-2H3/b18-10+. The Morgan fingerprint density at radius 2 is 2.00 bits per heavy atom. The van der Waals surface area contributed by atoms with Crippen molar-refractivity contribution in [1.82, 2.24) is 0 Å². The Labute approximate surface area is 129 Å². The zero-order chi connectivity index (χ0) is 15.2. The van der Waals surface area contributed by atoms with Gasteiger partial charge in [-0.25, -0.2) is 0 Å². The molecular weight excluding hydrogens is 288 g/mol. The van der Waals surface area contributed by atoms with Crippen molar-refractivity contribution in [2.45, 2.75) is 13.8 Å². The molecule has 0 unspecified atom stereocenters. The van der Waals surface area contributed by atoms with Gasteiger partial charge in [0.05, 0.1) is 23.5 Å². The van der Waals surface area contributed by atoms with E-state index in [-0.39, 0.29) is 10.8 Å². The summed E-state index contributed by atoms with van der Waals surface area (Å²) in [6.07, 6.45) is 1.62. The van der Waals surface area contributed by atoms with E-state index >= 15 is 0 Å². The van der Waals surface area contributed by atoms with Crippen molar-refractivity contribution in [3.05, 3.63) is 52.5 Å². The summed E-state index contributed by atoms with van der Waals surface area (Å²) in [4.78, 5) is 0. The molecule has 2 aromatic carbocycles. The second kappa shape index (κ2) is 6.99. The average molecular weight is 305 g/mol. The monoisotopic (exact) mass is 304 g/mol. The minimum Gasteiger partial charge on any atom is -0.503 e. The molecule has 0 saturated carbocycles. The fraction of sp³-hybridized carbons (Fsp3) is 0.188. The number of aryl methyl sites for hydroxylation is 1. The van der Waals surface area contributed by atoms with Gasteiger partial charge in [-0.15, -0.1) is 0 Å². The van der Waals surface area contributed by atoms with Crippen molar-refractivity contribution < 1.29 is 9.84 Å². The number of halogens is 1. The zero-order valence-electron chi connectivity index (χ0n) is 11.9. The van der Waals surface area contributed by atoms with Gasteiger partial charge in [0.15, 0.2) is 11.5 Å². The van der Waals surface area contributed by atoms with Crippen LogP contribution in [0.15, 0.2) is 41.5 Å². The molecule has 0 bridgehead atoms. The first-order valence-corrected chi connectivity index (χ1v) is 6.99. The van der Waals surface area contributed by atoms with Gasteiger partial charge in [0.2, 0.25) is 0 Å². The number of hydrogen-bond donors (Lipinski definition) is 2. The highest BCUT2D eigenvalue weighted by Gasteiger charge is 2.08. The van der Waals surface area contributed by atoms with Crippen molar-refractivity contribution in [2.24, 2.45) is 5.10 Å². The van der Waals surface area contributed by atoms with Gasteiger partial charge in [0.1, 0.15) is 0 Å². The van der Waals surface area contributed by atoms with Gasteiger partial charge in [-0.1, -0.05) is 29.3 Å². The van der Waals surface area contributed by atoms with Crippen LogP contribution >= 0.6 is 11.6 Å². The molecule has 2 aromatic rings. The molecule has 2 N–H and O–H groups in total. The number of nitrogens with one attached hydrogen (secondary N) is 1. The first kappa shape index (κ1) is 15.2. The second-order valence-electron chi connectivity index (χ2n) is 4.52. The van der Waals surface area contributed by atoms with Crippen molar-refractivity contribution in [1.29, 1.82) is 0 Å². The van der Waals surface area contributed by atoms with E-state index in [1.165, 1.54) is 5.56 Å². The Balaban J connectivity index is 2.11. The summed E-state index contributed by atoms with van der Waals surface area (Å²) in [5.74, 6) is 0.295. The molecule has 0 spiro atoms. The molecule has 0 saturated heterocycles. The number of anilines is 1.